The Balaban J connectivity index is 0.000000587. The number of sulfonamides is 1. The molecular formula is C26H29ClF3N5O5S. The standard InChI is InChI=1S/C24H28ClN5O3S.C2HF3O2/c25-24-22(29-14-5-11-26-13-16-29)18-23(31)30(28-24)15-6-12-27-34(32,33)21-10-4-9-20(17-21)19-7-2-1-3-8-19;3-2(4,5)1(6)7/h1-4,7-10,17-18,26-27H,5-6,11-16H2;(H,6,7). The highest BCUT2D eigenvalue weighted by molar-refractivity contribution is 7.89. The molecule has 0 spiro atoms. The zero-order valence-corrected chi connectivity index (χ0v) is 23.3. The summed E-state index contributed by atoms with van der Waals surface area (Å²) in [6, 6.07) is 17.9. The number of nitrogens with one attached hydrogen (secondary N) is 2. The van der Waals surface area contributed by atoms with E-state index in [-0.39, 0.29) is 28.7 Å². The zero-order valence-electron chi connectivity index (χ0n) is 21.8. The van der Waals surface area contributed by atoms with Gasteiger partial charge in [0.25, 0.3) is 5.56 Å². The molecule has 1 aliphatic rings. The summed E-state index contributed by atoms with van der Waals surface area (Å²) in [6.45, 7) is 3.76. The van der Waals surface area contributed by atoms with Gasteiger partial charge in [0.1, 0.15) is 0 Å². The van der Waals surface area contributed by atoms with Crippen LogP contribution in [0.5, 0.6) is 0 Å². The first kappa shape index (κ1) is 32.1. The molecule has 1 fully saturated rings. The second-order valence-corrected chi connectivity index (χ2v) is 11.0. The van der Waals surface area contributed by atoms with E-state index in [1.54, 1.807) is 18.2 Å². The Morgan fingerprint density at radius 2 is 1.73 bits per heavy atom. The molecule has 1 saturated heterocycles. The minimum atomic E-state index is -5.08. The number of halogens is 4. The van der Waals surface area contributed by atoms with Gasteiger partial charge in [-0.15, -0.1) is 0 Å². The third-order valence-corrected chi connectivity index (χ3v) is 7.68. The van der Waals surface area contributed by atoms with Crippen molar-refractivity contribution in [2.45, 2.75) is 30.5 Å². The molecule has 0 atom stereocenters. The Labute approximate surface area is 239 Å². The van der Waals surface area contributed by atoms with E-state index in [9.17, 15) is 26.4 Å². The average molecular weight is 616 g/mol. The van der Waals surface area contributed by atoms with Crippen molar-refractivity contribution in [3.05, 3.63) is 76.2 Å². The number of carboxylic acid groups (broad SMARTS) is 1. The van der Waals surface area contributed by atoms with Gasteiger partial charge in [0.2, 0.25) is 10.0 Å². The first-order chi connectivity index (χ1) is 19.4. The van der Waals surface area contributed by atoms with Crippen LogP contribution in [-0.2, 0) is 21.4 Å². The number of carbonyl (C=O) groups is 1. The van der Waals surface area contributed by atoms with Gasteiger partial charge in [0.15, 0.2) is 5.15 Å². The van der Waals surface area contributed by atoms with Crippen molar-refractivity contribution < 1.29 is 31.5 Å². The highest BCUT2D eigenvalue weighted by Crippen LogP contribution is 2.23. The first-order valence-electron chi connectivity index (χ1n) is 12.6. The van der Waals surface area contributed by atoms with Crippen LogP contribution in [-0.4, -0.2) is 68.2 Å². The molecule has 4 rings (SSSR count). The molecule has 2 heterocycles. The Kier molecular flexibility index (Phi) is 11.3. The van der Waals surface area contributed by atoms with Crippen LogP contribution >= 0.6 is 11.6 Å². The number of hydrogen-bond acceptors (Lipinski definition) is 7. The number of aliphatic carboxylic acids is 1. The van der Waals surface area contributed by atoms with Crippen LogP contribution < -0.4 is 20.5 Å². The molecule has 0 aliphatic carbocycles. The Morgan fingerprint density at radius 1 is 1.05 bits per heavy atom. The van der Waals surface area contributed by atoms with Gasteiger partial charge in [-0.1, -0.05) is 54.1 Å². The van der Waals surface area contributed by atoms with Crippen molar-refractivity contribution in [3.63, 3.8) is 0 Å². The molecule has 0 amide bonds. The molecule has 1 aliphatic heterocycles. The van der Waals surface area contributed by atoms with Gasteiger partial charge in [-0.3, -0.25) is 4.79 Å². The number of hydrogen-bond donors (Lipinski definition) is 3. The molecule has 0 bridgehead atoms. The lowest BCUT2D eigenvalue weighted by Crippen LogP contribution is -2.32. The van der Waals surface area contributed by atoms with Crippen LogP contribution in [0.1, 0.15) is 12.8 Å². The molecule has 41 heavy (non-hydrogen) atoms. The predicted molar refractivity (Wildman–Crippen MR) is 149 cm³/mol. The molecule has 2 aromatic carbocycles. The summed E-state index contributed by atoms with van der Waals surface area (Å²) >= 11 is 6.37. The maximum absolute atomic E-state index is 12.8. The van der Waals surface area contributed by atoms with Gasteiger partial charge < -0.3 is 15.3 Å². The molecule has 222 valence electrons. The summed E-state index contributed by atoms with van der Waals surface area (Å²) in [7, 11) is -3.68. The second kappa shape index (κ2) is 14.4. The molecular weight excluding hydrogens is 587 g/mol. The van der Waals surface area contributed by atoms with Crippen LogP contribution in [0.2, 0.25) is 5.15 Å². The van der Waals surface area contributed by atoms with Crippen molar-refractivity contribution >= 4 is 33.3 Å². The quantitative estimate of drug-likeness (QED) is 0.329. The summed E-state index contributed by atoms with van der Waals surface area (Å²) in [4.78, 5) is 23.7. The number of rotatable bonds is 8. The van der Waals surface area contributed by atoms with E-state index in [2.05, 4.69) is 20.0 Å². The van der Waals surface area contributed by atoms with E-state index in [0.717, 1.165) is 43.7 Å². The van der Waals surface area contributed by atoms with Crippen LogP contribution in [0, 0.1) is 0 Å². The summed E-state index contributed by atoms with van der Waals surface area (Å²) in [5.41, 5.74) is 2.16. The Bertz CT molecular complexity index is 1480. The number of alkyl halides is 3. The monoisotopic (exact) mass is 615 g/mol. The minimum absolute atomic E-state index is 0.170. The van der Waals surface area contributed by atoms with Crippen LogP contribution in [0.4, 0.5) is 18.9 Å². The SMILES string of the molecule is O=C(O)C(F)(F)F.O=c1cc(N2CCCNCC2)c(Cl)nn1CCCNS(=O)(=O)c1cccc(-c2ccccc2)c1. The van der Waals surface area contributed by atoms with Gasteiger partial charge >= 0.3 is 12.1 Å². The van der Waals surface area contributed by atoms with Gasteiger partial charge in [-0.25, -0.2) is 22.6 Å². The van der Waals surface area contributed by atoms with Gasteiger partial charge in [0, 0.05) is 38.8 Å². The van der Waals surface area contributed by atoms with Crippen molar-refractivity contribution in [2.24, 2.45) is 0 Å². The summed E-state index contributed by atoms with van der Waals surface area (Å²) in [5, 5.41) is 15.0. The molecule has 15 heteroatoms. The van der Waals surface area contributed by atoms with E-state index in [4.69, 9.17) is 21.5 Å². The number of nitrogens with zero attached hydrogens (tertiary/aromatic N) is 3. The molecule has 0 unspecified atom stereocenters. The van der Waals surface area contributed by atoms with E-state index >= 15 is 0 Å². The van der Waals surface area contributed by atoms with Gasteiger partial charge in [-0.05, 0) is 42.6 Å². The van der Waals surface area contributed by atoms with E-state index in [1.165, 1.54) is 10.7 Å². The van der Waals surface area contributed by atoms with Crippen molar-refractivity contribution in [3.8, 4) is 11.1 Å². The topological polar surface area (TPSA) is 134 Å². The average Bonchev–Trinajstić information content (AvgIpc) is 3.23. The fourth-order valence-corrected chi connectivity index (χ4v) is 5.30. The largest absolute Gasteiger partial charge is 0.490 e. The highest BCUT2D eigenvalue weighted by Gasteiger charge is 2.38. The summed E-state index contributed by atoms with van der Waals surface area (Å²) in [5.74, 6) is -2.76. The number of aromatic nitrogens is 2. The normalized spacial score (nSPS) is 14.1. The lowest BCUT2D eigenvalue weighted by atomic mass is 10.1. The lowest BCUT2D eigenvalue weighted by Gasteiger charge is -2.23. The minimum Gasteiger partial charge on any atom is -0.475 e. The summed E-state index contributed by atoms with van der Waals surface area (Å²) in [6.07, 6.45) is -3.72. The number of aryl methyl sites for hydroxylation is 1. The number of benzene rings is 2. The number of carboxylic acids is 1. The van der Waals surface area contributed by atoms with E-state index in [1.807, 2.05) is 36.4 Å². The summed E-state index contributed by atoms with van der Waals surface area (Å²) < 4.78 is 61.2. The Morgan fingerprint density at radius 3 is 2.41 bits per heavy atom. The van der Waals surface area contributed by atoms with Gasteiger partial charge in [0.05, 0.1) is 10.6 Å². The molecule has 1 aromatic heterocycles. The maximum atomic E-state index is 12.8. The van der Waals surface area contributed by atoms with Crippen LogP contribution in [0.25, 0.3) is 11.1 Å². The molecule has 3 N–H and O–H groups in total. The third-order valence-electron chi connectivity index (χ3n) is 5.95. The molecule has 3 aromatic rings. The van der Waals surface area contributed by atoms with E-state index < -0.39 is 22.2 Å². The van der Waals surface area contributed by atoms with Crippen LogP contribution in [0.3, 0.4) is 0 Å². The molecule has 0 saturated carbocycles. The zero-order chi connectivity index (χ0) is 30.0. The van der Waals surface area contributed by atoms with Crippen LogP contribution in [0.15, 0.2) is 70.4 Å². The predicted octanol–water partition coefficient (Wildman–Crippen LogP) is 3.37. The van der Waals surface area contributed by atoms with E-state index in [0.29, 0.717) is 12.1 Å². The van der Waals surface area contributed by atoms with Gasteiger partial charge in [-0.2, -0.15) is 18.3 Å². The number of anilines is 1. The smallest absolute Gasteiger partial charge is 0.475 e. The highest BCUT2D eigenvalue weighted by atomic mass is 35.5. The maximum Gasteiger partial charge on any atom is 0.490 e. The fraction of sp³-hybridized carbons (Fsp3) is 0.346. The third kappa shape index (κ3) is 9.56. The Hall–Kier alpha value is -3.46. The lowest BCUT2D eigenvalue weighted by molar-refractivity contribution is -0.192. The second-order valence-electron chi connectivity index (χ2n) is 8.92. The molecule has 0 radical (unpaired) electrons. The van der Waals surface area contributed by atoms with Crippen molar-refractivity contribution in [1.82, 2.24) is 19.8 Å². The fourth-order valence-electron chi connectivity index (χ4n) is 3.92. The molecule has 10 nitrogen and oxygen atoms in total. The van der Waals surface area contributed by atoms with Crippen molar-refractivity contribution in [1.29, 1.82) is 0 Å². The van der Waals surface area contributed by atoms with Crippen molar-refractivity contribution in [2.75, 3.05) is 37.6 Å². The first-order valence-corrected chi connectivity index (χ1v) is 14.4.